The smallest absolute Gasteiger partial charge is 0.355 e. The standard InChI is InChI=1S/C11H19NO4P.U/c1-8(9(2)13)6-12(3)11-5-4-10(16-11)7-15-17-14;/h6,10-11,17H,4-5,7H2,1-3H3;/q+1;/b8-6-;. The van der Waals surface area contributed by atoms with E-state index in [9.17, 15) is 9.36 Å². The normalized spacial score (nSPS) is 23.8. The molecule has 1 fully saturated rings. The zero-order chi connectivity index (χ0) is 12.8. The average Bonchev–Trinajstić information content (AvgIpc) is 2.74. The van der Waals surface area contributed by atoms with Gasteiger partial charge < -0.3 is 9.64 Å². The van der Waals surface area contributed by atoms with Gasteiger partial charge in [-0.2, -0.15) is 0 Å². The second-order valence-corrected chi connectivity index (χ2v) is 4.67. The predicted molar refractivity (Wildman–Crippen MR) is 65.0 cm³/mol. The van der Waals surface area contributed by atoms with Gasteiger partial charge in [0.25, 0.3) is 0 Å². The van der Waals surface area contributed by atoms with Crippen LogP contribution in [0.4, 0.5) is 0 Å². The van der Waals surface area contributed by atoms with E-state index in [2.05, 4.69) is 0 Å². The number of carbonyl (C=O) groups excluding carboxylic acids is 1. The van der Waals surface area contributed by atoms with Crippen molar-refractivity contribution in [1.82, 2.24) is 4.90 Å². The molecule has 0 amide bonds. The molecule has 1 aliphatic rings. The minimum Gasteiger partial charge on any atom is -0.355 e. The molecule has 7 heteroatoms. The van der Waals surface area contributed by atoms with E-state index in [1.165, 1.54) is 0 Å². The van der Waals surface area contributed by atoms with Crippen molar-refractivity contribution in [1.29, 1.82) is 0 Å². The Bertz CT molecular complexity index is 324. The molecule has 3 atom stereocenters. The Morgan fingerprint density at radius 3 is 2.72 bits per heavy atom. The summed E-state index contributed by atoms with van der Waals surface area (Å²) in [5.41, 5.74) is 0.705. The summed E-state index contributed by atoms with van der Waals surface area (Å²) in [6.45, 7) is 3.69. The van der Waals surface area contributed by atoms with Gasteiger partial charge in [0.1, 0.15) is 12.8 Å². The molecule has 0 saturated carbocycles. The SMILES string of the molecule is CC(=O)/C(C)=C\N(C)C1CCC(CO[PH+]=O)O1.[U]. The monoisotopic (exact) mass is 498 g/mol. The minimum atomic E-state index is -0.736. The van der Waals surface area contributed by atoms with Crippen LogP contribution in [0.25, 0.3) is 0 Å². The molecule has 5 nitrogen and oxygen atoms in total. The van der Waals surface area contributed by atoms with Gasteiger partial charge in [0.15, 0.2) is 5.78 Å². The molecule has 0 N–H and O–H groups in total. The second kappa shape index (κ2) is 9.23. The fourth-order valence-corrected chi connectivity index (χ4v) is 1.97. The molecule has 1 heterocycles. The summed E-state index contributed by atoms with van der Waals surface area (Å²) in [4.78, 5) is 13.0. The van der Waals surface area contributed by atoms with Crippen LogP contribution in [0.5, 0.6) is 0 Å². The van der Waals surface area contributed by atoms with Gasteiger partial charge >= 0.3 is 8.69 Å². The third-order valence-electron chi connectivity index (χ3n) is 2.82. The predicted octanol–water partition coefficient (Wildman–Crippen LogP) is 1.87. The summed E-state index contributed by atoms with van der Waals surface area (Å²) >= 11 is 0. The first-order valence-electron chi connectivity index (χ1n) is 5.60. The van der Waals surface area contributed by atoms with Crippen LogP contribution in [0.3, 0.4) is 0 Å². The molecular formula is C11H19NO4PU+. The van der Waals surface area contributed by atoms with Crippen LogP contribution >= 0.6 is 8.69 Å². The van der Waals surface area contributed by atoms with Crippen LogP contribution in [-0.2, 0) is 18.6 Å². The molecule has 0 aromatic heterocycles. The van der Waals surface area contributed by atoms with Crippen molar-refractivity contribution in [2.45, 2.75) is 39.0 Å². The van der Waals surface area contributed by atoms with Gasteiger partial charge in [0.05, 0.1) is 6.10 Å². The fraction of sp³-hybridized carbons (Fsp3) is 0.727. The number of allylic oxidation sites excluding steroid dienone is 1. The van der Waals surface area contributed by atoms with Crippen molar-refractivity contribution < 1.29 is 49.7 Å². The summed E-state index contributed by atoms with van der Waals surface area (Å²) in [5, 5.41) is 0. The zero-order valence-electron chi connectivity index (χ0n) is 10.9. The first kappa shape index (κ1) is 18.3. The first-order valence-corrected chi connectivity index (χ1v) is 6.42. The third kappa shape index (κ3) is 5.95. The Hall–Kier alpha value is 0.282. The summed E-state index contributed by atoms with van der Waals surface area (Å²) in [5.74, 6) is 0.0577. The molecule has 1 saturated heterocycles. The number of nitrogens with zero attached hydrogens (tertiary/aromatic N) is 1. The largest absolute Gasteiger partial charge is 0.494 e. The number of ketones is 1. The van der Waals surface area contributed by atoms with Gasteiger partial charge in [-0.05, 0) is 31.3 Å². The zero-order valence-corrected chi connectivity index (χ0v) is 16.1. The molecule has 3 unspecified atom stereocenters. The summed E-state index contributed by atoms with van der Waals surface area (Å²) in [6, 6.07) is 0. The van der Waals surface area contributed by atoms with Crippen LogP contribution in [-0.4, -0.2) is 36.7 Å². The average molecular weight is 498 g/mol. The minimum absolute atomic E-state index is 0. The summed E-state index contributed by atoms with van der Waals surface area (Å²) < 4.78 is 20.8. The van der Waals surface area contributed by atoms with E-state index in [4.69, 9.17) is 9.26 Å². The van der Waals surface area contributed by atoms with Crippen LogP contribution in [0.2, 0.25) is 0 Å². The Morgan fingerprint density at radius 1 is 1.50 bits per heavy atom. The van der Waals surface area contributed by atoms with Crippen LogP contribution in [0, 0.1) is 31.1 Å². The first-order chi connectivity index (χ1) is 8.04. The van der Waals surface area contributed by atoms with E-state index >= 15 is 0 Å². The van der Waals surface area contributed by atoms with Crippen LogP contribution in [0.15, 0.2) is 11.8 Å². The number of hydrogen-bond donors (Lipinski definition) is 0. The number of carbonyl (C=O) groups is 1. The van der Waals surface area contributed by atoms with Gasteiger partial charge in [-0.15, -0.1) is 4.52 Å². The Labute approximate surface area is 133 Å². The molecule has 0 aliphatic carbocycles. The molecule has 0 aromatic carbocycles. The van der Waals surface area contributed by atoms with E-state index in [1.807, 2.05) is 11.9 Å². The number of ether oxygens (including phenoxy) is 1. The van der Waals surface area contributed by atoms with Gasteiger partial charge in [0.2, 0.25) is 0 Å². The Kier molecular flexibility index (Phi) is 9.37. The van der Waals surface area contributed by atoms with Crippen molar-refractivity contribution in [3.8, 4) is 0 Å². The maximum absolute atomic E-state index is 11.1. The number of rotatable bonds is 6. The summed E-state index contributed by atoms with van der Waals surface area (Å²) in [6.07, 6.45) is 3.52. The molecule has 0 bridgehead atoms. The topological polar surface area (TPSA) is 55.8 Å². The third-order valence-corrected chi connectivity index (χ3v) is 3.10. The van der Waals surface area contributed by atoms with Crippen molar-refractivity contribution in [2.75, 3.05) is 13.7 Å². The van der Waals surface area contributed by atoms with E-state index in [1.54, 1.807) is 20.0 Å². The van der Waals surface area contributed by atoms with E-state index in [0.717, 1.165) is 12.8 Å². The van der Waals surface area contributed by atoms with E-state index < -0.39 is 8.69 Å². The van der Waals surface area contributed by atoms with Crippen LogP contribution in [0.1, 0.15) is 26.7 Å². The van der Waals surface area contributed by atoms with Gasteiger partial charge in [0, 0.05) is 49.9 Å². The quantitative estimate of drug-likeness (QED) is 0.414. The maximum atomic E-state index is 11.1. The van der Waals surface area contributed by atoms with Crippen molar-refractivity contribution in [3.05, 3.63) is 11.8 Å². The molecule has 0 spiro atoms. The maximum Gasteiger partial charge on any atom is 0.494 e. The molecule has 0 radical (unpaired) electrons. The molecule has 1 aliphatic heterocycles. The van der Waals surface area contributed by atoms with Crippen LogP contribution < -0.4 is 0 Å². The van der Waals surface area contributed by atoms with Crippen molar-refractivity contribution in [3.63, 3.8) is 0 Å². The van der Waals surface area contributed by atoms with Gasteiger partial charge in [-0.25, -0.2) is 0 Å². The Balaban J connectivity index is 0.00000289. The van der Waals surface area contributed by atoms with Gasteiger partial charge in [-0.3, -0.25) is 4.79 Å². The number of hydrogen-bond acceptors (Lipinski definition) is 5. The van der Waals surface area contributed by atoms with E-state index in [0.29, 0.717) is 12.2 Å². The van der Waals surface area contributed by atoms with Gasteiger partial charge in [-0.1, -0.05) is 0 Å². The molecule has 18 heavy (non-hydrogen) atoms. The second-order valence-electron chi connectivity index (χ2n) is 4.22. The van der Waals surface area contributed by atoms with Crippen molar-refractivity contribution >= 4 is 14.5 Å². The van der Waals surface area contributed by atoms with E-state index in [-0.39, 0.29) is 49.2 Å². The van der Waals surface area contributed by atoms with Crippen molar-refractivity contribution in [2.24, 2.45) is 0 Å². The summed E-state index contributed by atoms with van der Waals surface area (Å²) in [7, 11) is 1.15. The Morgan fingerprint density at radius 2 is 2.17 bits per heavy atom. The molecule has 1 rings (SSSR count). The molecule has 100 valence electrons. The number of Topliss-reactive ketones (excluding diaryl/α,β-unsaturated/α-hetero) is 1. The fourth-order valence-electron chi connectivity index (χ4n) is 1.72. The molecular weight excluding hydrogens is 479 g/mol. The molecule has 0 aromatic rings.